The third-order valence-electron chi connectivity index (χ3n) is 4.03. The highest BCUT2D eigenvalue weighted by atomic mass is 19.1. The number of aryl methyl sites for hydroxylation is 1. The Morgan fingerprint density at radius 2 is 1.75 bits per heavy atom. The largest absolute Gasteiger partial charge is 0.382 e. The number of hydrogen-bond acceptors (Lipinski definition) is 1. The molecule has 0 heterocycles. The Labute approximate surface area is 117 Å². The molecule has 1 fully saturated rings. The smallest absolute Gasteiger partial charge is 0.128 e. The first-order valence-electron chi connectivity index (χ1n) is 6.90. The number of rotatable bonds is 3. The van der Waals surface area contributed by atoms with Crippen LogP contribution in [-0.2, 0) is 0 Å². The van der Waals surface area contributed by atoms with Crippen LogP contribution in [0.1, 0.15) is 29.9 Å². The van der Waals surface area contributed by atoms with Gasteiger partial charge in [0.15, 0.2) is 0 Å². The van der Waals surface area contributed by atoms with E-state index in [1.54, 1.807) is 19.1 Å². The van der Waals surface area contributed by atoms with E-state index < -0.39 is 0 Å². The Balaban J connectivity index is 1.61. The molecular formula is C17H17F2N. The van der Waals surface area contributed by atoms with E-state index in [4.69, 9.17) is 0 Å². The first-order chi connectivity index (χ1) is 9.63. The second-order valence-electron chi connectivity index (χ2n) is 5.50. The van der Waals surface area contributed by atoms with Gasteiger partial charge in [0.05, 0.1) is 0 Å². The van der Waals surface area contributed by atoms with Gasteiger partial charge in [-0.1, -0.05) is 24.3 Å². The van der Waals surface area contributed by atoms with Crippen molar-refractivity contribution < 1.29 is 8.78 Å². The van der Waals surface area contributed by atoms with Crippen LogP contribution in [0.25, 0.3) is 0 Å². The van der Waals surface area contributed by atoms with Gasteiger partial charge in [0, 0.05) is 11.7 Å². The molecule has 20 heavy (non-hydrogen) atoms. The minimum absolute atomic E-state index is 0.127. The molecule has 1 aliphatic carbocycles. The molecule has 0 amide bonds. The van der Waals surface area contributed by atoms with Crippen LogP contribution in [0.15, 0.2) is 42.5 Å². The zero-order valence-electron chi connectivity index (χ0n) is 11.4. The predicted octanol–water partition coefficient (Wildman–Crippen LogP) is 4.63. The molecule has 0 unspecified atom stereocenters. The van der Waals surface area contributed by atoms with E-state index in [0.717, 1.165) is 24.1 Å². The lowest BCUT2D eigenvalue weighted by Gasteiger charge is -2.37. The third-order valence-corrected chi connectivity index (χ3v) is 4.03. The van der Waals surface area contributed by atoms with Crippen molar-refractivity contribution in [1.82, 2.24) is 0 Å². The lowest BCUT2D eigenvalue weighted by Crippen LogP contribution is -2.34. The Morgan fingerprint density at radius 3 is 2.45 bits per heavy atom. The van der Waals surface area contributed by atoms with Crippen LogP contribution in [0, 0.1) is 18.6 Å². The average Bonchev–Trinajstić information content (AvgIpc) is 2.39. The number of nitrogens with one attached hydrogen (secondary N) is 1. The van der Waals surface area contributed by atoms with E-state index >= 15 is 0 Å². The summed E-state index contributed by atoms with van der Waals surface area (Å²) in [5, 5.41) is 3.30. The van der Waals surface area contributed by atoms with Crippen LogP contribution < -0.4 is 5.32 Å². The topological polar surface area (TPSA) is 12.0 Å². The van der Waals surface area contributed by atoms with Crippen LogP contribution >= 0.6 is 0 Å². The standard InChI is InChI=1S/C17H17F2N/c1-11-6-7-13(10-17(11)19)20-14-8-12(9-14)15-4-2-3-5-16(15)18/h2-7,10,12,14,20H,8-9H2,1H3. The normalized spacial score (nSPS) is 21.4. The lowest BCUT2D eigenvalue weighted by molar-refractivity contribution is 0.363. The van der Waals surface area contributed by atoms with E-state index in [-0.39, 0.29) is 17.6 Å². The average molecular weight is 273 g/mol. The molecule has 0 aliphatic heterocycles. The molecule has 2 aromatic carbocycles. The van der Waals surface area contributed by atoms with Crippen molar-refractivity contribution >= 4 is 5.69 Å². The van der Waals surface area contributed by atoms with Gasteiger partial charge in [0.1, 0.15) is 11.6 Å². The van der Waals surface area contributed by atoms with Crippen molar-refractivity contribution in [3.8, 4) is 0 Å². The van der Waals surface area contributed by atoms with Crippen molar-refractivity contribution in [3.63, 3.8) is 0 Å². The van der Waals surface area contributed by atoms with Crippen molar-refractivity contribution in [2.24, 2.45) is 0 Å². The van der Waals surface area contributed by atoms with Gasteiger partial charge >= 0.3 is 0 Å². The fourth-order valence-corrected chi connectivity index (χ4v) is 2.71. The molecule has 1 N–H and O–H groups in total. The molecule has 1 saturated carbocycles. The summed E-state index contributed by atoms with van der Waals surface area (Å²) >= 11 is 0. The van der Waals surface area contributed by atoms with E-state index in [0.29, 0.717) is 11.6 Å². The SMILES string of the molecule is Cc1ccc(NC2CC(c3ccccc3F)C2)cc1F. The number of anilines is 1. The van der Waals surface area contributed by atoms with Crippen molar-refractivity contribution in [2.45, 2.75) is 31.7 Å². The monoisotopic (exact) mass is 273 g/mol. The Bertz CT molecular complexity index is 618. The molecule has 1 aliphatic rings. The number of halogens is 2. The van der Waals surface area contributed by atoms with Gasteiger partial charge in [-0.25, -0.2) is 8.78 Å². The van der Waals surface area contributed by atoms with E-state index in [9.17, 15) is 8.78 Å². The van der Waals surface area contributed by atoms with E-state index in [1.165, 1.54) is 12.1 Å². The predicted molar refractivity (Wildman–Crippen MR) is 76.9 cm³/mol. The zero-order chi connectivity index (χ0) is 14.1. The van der Waals surface area contributed by atoms with E-state index in [2.05, 4.69) is 5.32 Å². The lowest BCUT2D eigenvalue weighted by atomic mass is 9.75. The van der Waals surface area contributed by atoms with Crippen LogP contribution in [-0.4, -0.2) is 6.04 Å². The summed E-state index contributed by atoms with van der Waals surface area (Å²) in [7, 11) is 0. The molecule has 0 radical (unpaired) electrons. The quantitative estimate of drug-likeness (QED) is 0.859. The molecule has 0 saturated heterocycles. The molecular weight excluding hydrogens is 256 g/mol. The van der Waals surface area contributed by atoms with Crippen molar-refractivity contribution in [1.29, 1.82) is 0 Å². The maximum absolute atomic E-state index is 13.6. The van der Waals surface area contributed by atoms with Crippen LogP contribution in [0.2, 0.25) is 0 Å². The highest BCUT2D eigenvalue weighted by molar-refractivity contribution is 5.47. The molecule has 0 aromatic heterocycles. The summed E-state index contributed by atoms with van der Waals surface area (Å²) in [6.45, 7) is 1.75. The van der Waals surface area contributed by atoms with Gasteiger partial charge in [0.25, 0.3) is 0 Å². The fourth-order valence-electron chi connectivity index (χ4n) is 2.71. The maximum Gasteiger partial charge on any atom is 0.128 e. The number of benzene rings is 2. The van der Waals surface area contributed by atoms with Crippen LogP contribution in [0.4, 0.5) is 14.5 Å². The first kappa shape index (κ1) is 13.1. The molecule has 104 valence electrons. The molecule has 0 atom stereocenters. The summed E-state index contributed by atoms with van der Waals surface area (Å²) in [5.74, 6) is -0.0543. The van der Waals surface area contributed by atoms with Crippen molar-refractivity contribution in [3.05, 3.63) is 65.2 Å². The second-order valence-corrected chi connectivity index (χ2v) is 5.50. The fraction of sp³-hybridized carbons (Fsp3) is 0.294. The summed E-state index contributed by atoms with van der Waals surface area (Å²) in [5.41, 5.74) is 2.24. The maximum atomic E-state index is 13.6. The first-order valence-corrected chi connectivity index (χ1v) is 6.90. The Kier molecular flexibility index (Phi) is 3.43. The third kappa shape index (κ3) is 2.53. The zero-order valence-corrected chi connectivity index (χ0v) is 11.4. The second kappa shape index (κ2) is 5.23. The molecule has 1 nitrogen and oxygen atoms in total. The van der Waals surface area contributed by atoms with Crippen molar-refractivity contribution in [2.75, 3.05) is 5.32 Å². The summed E-state index contributed by atoms with van der Waals surface area (Å²) < 4.78 is 27.1. The van der Waals surface area contributed by atoms with Gasteiger partial charge in [-0.2, -0.15) is 0 Å². The molecule has 3 rings (SSSR count). The number of hydrogen-bond donors (Lipinski definition) is 1. The van der Waals surface area contributed by atoms with Gasteiger partial charge in [-0.3, -0.25) is 0 Å². The Morgan fingerprint density at radius 1 is 1.00 bits per heavy atom. The molecule has 2 aromatic rings. The highest BCUT2D eigenvalue weighted by Crippen LogP contribution is 2.39. The Hall–Kier alpha value is -1.90. The minimum Gasteiger partial charge on any atom is -0.382 e. The molecule has 3 heteroatoms. The van der Waals surface area contributed by atoms with Gasteiger partial charge < -0.3 is 5.32 Å². The summed E-state index contributed by atoms with van der Waals surface area (Å²) in [6.07, 6.45) is 1.77. The van der Waals surface area contributed by atoms with Crippen LogP contribution in [0.5, 0.6) is 0 Å². The van der Waals surface area contributed by atoms with Crippen LogP contribution in [0.3, 0.4) is 0 Å². The summed E-state index contributed by atoms with van der Waals surface area (Å²) in [6, 6.07) is 12.4. The molecule has 0 spiro atoms. The van der Waals surface area contributed by atoms with Gasteiger partial charge in [-0.05, 0) is 55.0 Å². The van der Waals surface area contributed by atoms with E-state index in [1.807, 2.05) is 18.2 Å². The highest BCUT2D eigenvalue weighted by Gasteiger charge is 2.31. The van der Waals surface area contributed by atoms with Gasteiger partial charge in [0.2, 0.25) is 0 Å². The minimum atomic E-state index is -0.194. The molecule has 0 bridgehead atoms. The summed E-state index contributed by atoms with van der Waals surface area (Å²) in [4.78, 5) is 0. The van der Waals surface area contributed by atoms with Gasteiger partial charge in [-0.15, -0.1) is 0 Å².